The van der Waals surface area contributed by atoms with Crippen LogP contribution in [0, 0.1) is 23.2 Å². The van der Waals surface area contributed by atoms with Crippen molar-refractivity contribution in [2.24, 2.45) is 23.2 Å². The zero-order valence-electron chi connectivity index (χ0n) is 8.97. The largest absolute Gasteiger partial charge is 0.299 e. The van der Waals surface area contributed by atoms with Crippen molar-refractivity contribution in [3.05, 3.63) is 0 Å². The molecule has 13 heavy (non-hydrogen) atoms. The van der Waals surface area contributed by atoms with Crippen molar-refractivity contribution in [3.63, 3.8) is 0 Å². The standard InChI is InChI=1S/C12H20O/c1-8-9-6-4-5-7-10(9)12(2,3)11(8)13/h8-10H,4-7H2,1-3H3. The van der Waals surface area contributed by atoms with Gasteiger partial charge in [0.1, 0.15) is 5.78 Å². The van der Waals surface area contributed by atoms with Gasteiger partial charge < -0.3 is 0 Å². The number of rotatable bonds is 0. The third-order valence-electron chi connectivity index (χ3n) is 4.44. The molecule has 2 aliphatic carbocycles. The number of hydrogen-bond donors (Lipinski definition) is 0. The van der Waals surface area contributed by atoms with Gasteiger partial charge in [-0.15, -0.1) is 0 Å². The number of fused-ring (bicyclic) bond motifs is 1. The van der Waals surface area contributed by atoms with Gasteiger partial charge in [0.25, 0.3) is 0 Å². The summed E-state index contributed by atoms with van der Waals surface area (Å²) in [6, 6.07) is 0. The van der Waals surface area contributed by atoms with E-state index in [9.17, 15) is 4.79 Å². The molecule has 0 aliphatic heterocycles. The monoisotopic (exact) mass is 180 g/mol. The number of carbonyl (C=O) groups is 1. The van der Waals surface area contributed by atoms with Crippen LogP contribution in [0.25, 0.3) is 0 Å². The van der Waals surface area contributed by atoms with Gasteiger partial charge in [-0.05, 0) is 24.7 Å². The summed E-state index contributed by atoms with van der Waals surface area (Å²) in [5, 5.41) is 0. The fraction of sp³-hybridized carbons (Fsp3) is 0.917. The van der Waals surface area contributed by atoms with E-state index in [-0.39, 0.29) is 5.41 Å². The lowest BCUT2D eigenvalue weighted by Crippen LogP contribution is -2.28. The summed E-state index contributed by atoms with van der Waals surface area (Å²) in [5.41, 5.74) is -0.0233. The molecule has 0 N–H and O–H groups in total. The van der Waals surface area contributed by atoms with Crippen LogP contribution < -0.4 is 0 Å². The minimum atomic E-state index is -0.0233. The second kappa shape index (κ2) is 2.83. The molecular formula is C12H20O. The topological polar surface area (TPSA) is 17.1 Å². The molecule has 1 heteroatoms. The molecule has 74 valence electrons. The van der Waals surface area contributed by atoms with Gasteiger partial charge in [-0.1, -0.05) is 33.6 Å². The van der Waals surface area contributed by atoms with Crippen molar-refractivity contribution < 1.29 is 4.79 Å². The highest BCUT2D eigenvalue weighted by atomic mass is 16.1. The summed E-state index contributed by atoms with van der Waals surface area (Å²) in [5.74, 6) is 2.24. The van der Waals surface area contributed by atoms with Crippen LogP contribution in [0.4, 0.5) is 0 Å². The molecule has 0 amide bonds. The predicted octanol–water partition coefficient (Wildman–Crippen LogP) is 3.04. The highest BCUT2D eigenvalue weighted by molar-refractivity contribution is 5.89. The van der Waals surface area contributed by atoms with Crippen LogP contribution in [-0.2, 0) is 4.79 Å². The minimum absolute atomic E-state index is 0.0233. The van der Waals surface area contributed by atoms with Crippen molar-refractivity contribution in [2.75, 3.05) is 0 Å². The Bertz CT molecular complexity index is 229. The van der Waals surface area contributed by atoms with Crippen LogP contribution >= 0.6 is 0 Å². The first-order valence-corrected chi connectivity index (χ1v) is 5.59. The first-order valence-electron chi connectivity index (χ1n) is 5.59. The molecule has 0 aromatic rings. The third-order valence-corrected chi connectivity index (χ3v) is 4.44. The molecule has 0 heterocycles. The first kappa shape index (κ1) is 9.23. The smallest absolute Gasteiger partial charge is 0.141 e. The van der Waals surface area contributed by atoms with Crippen molar-refractivity contribution >= 4 is 5.78 Å². The lowest BCUT2D eigenvalue weighted by atomic mass is 9.71. The maximum absolute atomic E-state index is 12.0. The van der Waals surface area contributed by atoms with Crippen LogP contribution in [0.2, 0.25) is 0 Å². The molecule has 0 aromatic heterocycles. The summed E-state index contributed by atoms with van der Waals surface area (Å²) in [4.78, 5) is 12.0. The SMILES string of the molecule is CC1C(=O)C(C)(C)C2CCCCC12. The van der Waals surface area contributed by atoms with Gasteiger partial charge in [-0.25, -0.2) is 0 Å². The highest BCUT2D eigenvalue weighted by Crippen LogP contribution is 2.53. The molecule has 3 unspecified atom stereocenters. The fourth-order valence-electron chi connectivity index (χ4n) is 3.62. The second-order valence-corrected chi connectivity index (χ2v) is 5.43. The lowest BCUT2D eigenvalue weighted by Gasteiger charge is -2.33. The molecule has 0 saturated heterocycles. The Labute approximate surface area is 80.9 Å². The molecular weight excluding hydrogens is 160 g/mol. The Balaban J connectivity index is 2.29. The zero-order chi connectivity index (χ0) is 9.64. The molecule has 3 atom stereocenters. The maximum Gasteiger partial charge on any atom is 0.141 e. The molecule has 0 spiro atoms. The van der Waals surface area contributed by atoms with E-state index < -0.39 is 0 Å². The van der Waals surface area contributed by atoms with Crippen molar-refractivity contribution in [1.82, 2.24) is 0 Å². The van der Waals surface area contributed by atoms with E-state index in [1.807, 2.05) is 0 Å². The molecule has 0 aromatic carbocycles. The quantitative estimate of drug-likeness (QED) is 0.560. The van der Waals surface area contributed by atoms with Gasteiger partial charge in [0.15, 0.2) is 0 Å². The zero-order valence-corrected chi connectivity index (χ0v) is 8.97. The minimum Gasteiger partial charge on any atom is -0.299 e. The van der Waals surface area contributed by atoms with Crippen LogP contribution in [0.1, 0.15) is 46.5 Å². The summed E-state index contributed by atoms with van der Waals surface area (Å²) in [7, 11) is 0. The van der Waals surface area contributed by atoms with E-state index >= 15 is 0 Å². The van der Waals surface area contributed by atoms with E-state index in [1.165, 1.54) is 25.7 Å². The summed E-state index contributed by atoms with van der Waals surface area (Å²) >= 11 is 0. The highest BCUT2D eigenvalue weighted by Gasteiger charge is 2.52. The van der Waals surface area contributed by atoms with Gasteiger partial charge in [-0.3, -0.25) is 4.79 Å². The molecule has 2 aliphatic rings. The summed E-state index contributed by atoms with van der Waals surface area (Å²) in [6.45, 7) is 6.45. The van der Waals surface area contributed by atoms with E-state index in [0.717, 1.165) is 0 Å². The molecule has 0 radical (unpaired) electrons. The van der Waals surface area contributed by atoms with Gasteiger partial charge in [0.2, 0.25) is 0 Å². The van der Waals surface area contributed by atoms with Gasteiger partial charge in [0.05, 0.1) is 0 Å². The molecule has 2 rings (SSSR count). The van der Waals surface area contributed by atoms with Crippen LogP contribution in [0.5, 0.6) is 0 Å². The average molecular weight is 180 g/mol. The third kappa shape index (κ3) is 1.16. The predicted molar refractivity (Wildman–Crippen MR) is 53.4 cm³/mol. The van der Waals surface area contributed by atoms with E-state index in [0.29, 0.717) is 23.5 Å². The Hall–Kier alpha value is -0.330. The van der Waals surface area contributed by atoms with Crippen LogP contribution in [-0.4, -0.2) is 5.78 Å². The number of Topliss-reactive ketones (excluding diaryl/α,β-unsaturated/α-hetero) is 1. The Morgan fingerprint density at radius 3 is 2.46 bits per heavy atom. The summed E-state index contributed by atoms with van der Waals surface area (Å²) < 4.78 is 0. The van der Waals surface area contributed by atoms with Crippen molar-refractivity contribution in [1.29, 1.82) is 0 Å². The first-order chi connectivity index (χ1) is 6.05. The molecule has 0 bridgehead atoms. The number of carbonyl (C=O) groups excluding carboxylic acids is 1. The van der Waals surface area contributed by atoms with Crippen molar-refractivity contribution in [3.8, 4) is 0 Å². The van der Waals surface area contributed by atoms with E-state index in [2.05, 4.69) is 20.8 Å². The lowest BCUT2D eigenvalue weighted by molar-refractivity contribution is -0.128. The molecule has 1 nitrogen and oxygen atoms in total. The average Bonchev–Trinajstić information content (AvgIpc) is 2.30. The Morgan fingerprint density at radius 2 is 1.85 bits per heavy atom. The summed E-state index contributed by atoms with van der Waals surface area (Å²) in [6.07, 6.45) is 5.26. The molecule has 2 saturated carbocycles. The molecule has 2 fully saturated rings. The normalized spacial score (nSPS) is 43.3. The number of ketones is 1. The number of hydrogen-bond acceptors (Lipinski definition) is 1. The van der Waals surface area contributed by atoms with Gasteiger partial charge in [-0.2, -0.15) is 0 Å². The Morgan fingerprint density at radius 1 is 1.23 bits per heavy atom. The second-order valence-electron chi connectivity index (χ2n) is 5.43. The van der Waals surface area contributed by atoms with Crippen LogP contribution in [0.15, 0.2) is 0 Å². The van der Waals surface area contributed by atoms with Crippen LogP contribution in [0.3, 0.4) is 0 Å². The Kier molecular flexibility index (Phi) is 2.01. The fourth-order valence-corrected chi connectivity index (χ4v) is 3.62. The van der Waals surface area contributed by atoms with Crippen molar-refractivity contribution in [2.45, 2.75) is 46.5 Å². The van der Waals surface area contributed by atoms with E-state index in [1.54, 1.807) is 0 Å². The van der Waals surface area contributed by atoms with Gasteiger partial charge in [0, 0.05) is 11.3 Å². The van der Waals surface area contributed by atoms with E-state index in [4.69, 9.17) is 0 Å². The van der Waals surface area contributed by atoms with Gasteiger partial charge >= 0.3 is 0 Å². The maximum atomic E-state index is 12.0.